The van der Waals surface area contributed by atoms with Gasteiger partial charge in [-0.3, -0.25) is 18.6 Å². The molecule has 0 unspecified atom stereocenters. The zero-order valence-electron chi connectivity index (χ0n) is 20.5. The Kier molecular flexibility index (Phi) is 6.54. The van der Waals surface area contributed by atoms with Crippen LogP contribution in [0.5, 0.6) is 0 Å². The first-order valence-corrected chi connectivity index (χ1v) is 12.2. The minimum Gasteiger partial charge on any atom is -0.368 e. The van der Waals surface area contributed by atoms with E-state index in [1.54, 1.807) is 16.8 Å². The molecule has 5 rings (SSSR count). The highest BCUT2D eigenvalue weighted by molar-refractivity contribution is 5.76. The van der Waals surface area contributed by atoms with Crippen LogP contribution in [0.3, 0.4) is 0 Å². The van der Waals surface area contributed by atoms with Crippen molar-refractivity contribution in [2.24, 2.45) is 0 Å². The average Bonchev–Trinajstić information content (AvgIpc) is 3.30. The molecule has 1 aliphatic rings. The predicted molar refractivity (Wildman–Crippen MR) is 136 cm³/mol. The quantitative estimate of drug-likeness (QED) is 0.416. The molecule has 0 aliphatic carbocycles. The van der Waals surface area contributed by atoms with Crippen molar-refractivity contribution in [3.8, 4) is 5.69 Å². The maximum Gasteiger partial charge on any atom is 0.300 e. The van der Waals surface area contributed by atoms with E-state index in [9.17, 15) is 14.0 Å². The maximum absolute atomic E-state index is 13.2. The third-order valence-electron chi connectivity index (χ3n) is 6.77. The summed E-state index contributed by atoms with van der Waals surface area (Å²) in [7, 11) is 0. The van der Waals surface area contributed by atoms with Crippen molar-refractivity contribution >= 4 is 17.2 Å². The van der Waals surface area contributed by atoms with Gasteiger partial charge in [-0.05, 0) is 61.7 Å². The van der Waals surface area contributed by atoms with Gasteiger partial charge in [0.2, 0.25) is 11.6 Å². The van der Waals surface area contributed by atoms with Gasteiger partial charge in [0.25, 0.3) is 0 Å². The molecule has 2 aromatic heterocycles. The molecule has 36 heavy (non-hydrogen) atoms. The highest BCUT2D eigenvalue weighted by Gasteiger charge is 2.22. The largest absolute Gasteiger partial charge is 0.368 e. The average molecular weight is 489 g/mol. The summed E-state index contributed by atoms with van der Waals surface area (Å²) in [6, 6.07) is 12.2. The molecular formula is C27H29FN6O2. The Bertz CT molecular complexity index is 1450. The third-order valence-corrected chi connectivity index (χ3v) is 6.77. The Labute approximate surface area is 208 Å². The lowest BCUT2D eigenvalue weighted by atomic mass is 10.1. The topological polar surface area (TPSA) is 75.7 Å². The molecule has 9 heteroatoms. The van der Waals surface area contributed by atoms with Crippen LogP contribution in [0, 0.1) is 19.7 Å². The second kappa shape index (κ2) is 9.93. The molecule has 1 aliphatic heterocycles. The summed E-state index contributed by atoms with van der Waals surface area (Å²) >= 11 is 0. The number of aromatic nitrogens is 4. The number of rotatable bonds is 6. The Morgan fingerprint density at radius 1 is 0.972 bits per heavy atom. The molecule has 0 saturated carbocycles. The Hall–Kier alpha value is -4.01. The first-order valence-electron chi connectivity index (χ1n) is 12.2. The number of hydrogen-bond acceptors (Lipinski definition) is 5. The molecule has 1 amide bonds. The molecule has 0 atom stereocenters. The Balaban J connectivity index is 1.18. The highest BCUT2D eigenvalue weighted by atomic mass is 19.1. The van der Waals surface area contributed by atoms with E-state index in [2.05, 4.69) is 47.1 Å². The standard InChI is InChI=1S/C27H29FN6O2/c1-19-6-7-20(2)23(18-19)31-12-14-32(15-13-31)25(35)5-3-4-24-29-30-26-27(36)33(16-17-34(24)26)22-10-8-21(28)9-11-22/h6-11,16-18H,3-5,12-15H2,1-2H3. The third kappa shape index (κ3) is 4.73. The fourth-order valence-corrected chi connectivity index (χ4v) is 4.72. The van der Waals surface area contributed by atoms with Gasteiger partial charge >= 0.3 is 5.56 Å². The number of halogens is 1. The van der Waals surface area contributed by atoms with E-state index >= 15 is 0 Å². The Morgan fingerprint density at radius 2 is 1.72 bits per heavy atom. The van der Waals surface area contributed by atoms with Gasteiger partial charge in [0.05, 0.1) is 0 Å². The summed E-state index contributed by atoms with van der Waals surface area (Å²) in [4.78, 5) is 30.0. The Morgan fingerprint density at radius 3 is 2.47 bits per heavy atom. The number of hydrogen-bond donors (Lipinski definition) is 0. The number of carbonyl (C=O) groups excluding carboxylic acids is 1. The van der Waals surface area contributed by atoms with Crippen molar-refractivity contribution in [2.45, 2.75) is 33.1 Å². The fraction of sp³-hybridized carbons (Fsp3) is 0.333. The van der Waals surface area contributed by atoms with Crippen LogP contribution in [0.25, 0.3) is 11.3 Å². The summed E-state index contributed by atoms with van der Waals surface area (Å²) < 4.78 is 16.3. The zero-order valence-corrected chi connectivity index (χ0v) is 20.5. The molecule has 1 saturated heterocycles. The highest BCUT2D eigenvalue weighted by Crippen LogP contribution is 2.23. The molecule has 1 fully saturated rings. The van der Waals surface area contributed by atoms with Gasteiger partial charge in [0.1, 0.15) is 11.6 Å². The number of amides is 1. The minimum atomic E-state index is -0.365. The molecule has 4 aromatic rings. The maximum atomic E-state index is 13.2. The number of benzene rings is 2. The van der Waals surface area contributed by atoms with Gasteiger partial charge < -0.3 is 9.80 Å². The molecule has 0 radical (unpaired) electrons. The smallest absolute Gasteiger partial charge is 0.300 e. The predicted octanol–water partition coefficient (Wildman–Crippen LogP) is 3.31. The minimum absolute atomic E-state index is 0.142. The molecule has 186 valence electrons. The molecule has 0 spiro atoms. The fourth-order valence-electron chi connectivity index (χ4n) is 4.72. The number of fused-ring (bicyclic) bond motifs is 1. The van der Waals surface area contributed by atoms with Crippen molar-refractivity contribution in [1.82, 2.24) is 24.1 Å². The van der Waals surface area contributed by atoms with Crippen LogP contribution in [0.2, 0.25) is 0 Å². The van der Waals surface area contributed by atoms with Gasteiger partial charge in [-0.1, -0.05) is 12.1 Å². The lowest BCUT2D eigenvalue weighted by Gasteiger charge is -2.37. The SMILES string of the molecule is Cc1ccc(C)c(N2CCN(C(=O)CCCc3nnc4c(=O)n(-c5ccc(F)cc5)ccn34)CC2)c1. The van der Waals surface area contributed by atoms with Crippen molar-refractivity contribution < 1.29 is 9.18 Å². The summed E-state index contributed by atoms with van der Waals surface area (Å²) in [6.45, 7) is 7.30. The monoisotopic (exact) mass is 488 g/mol. The number of carbonyl (C=O) groups is 1. The summed E-state index contributed by atoms with van der Waals surface area (Å²) in [5.41, 5.74) is 4.16. The zero-order chi connectivity index (χ0) is 25.2. The summed E-state index contributed by atoms with van der Waals surface area (Å²) in [5.74, 6) is 0.416. The lowest BCUT2D eigenvalue weighted by Crippen LogP contribution is -2.49. The molecule has 0 bridgehead atoms. The van der Waals surface area contributed by atoms with Crippen LogP contribution in [0.15, 0.2) is 59.7 Å². The van der Waals surface area contributed by atoms with E-state index in [0.717, 1.165) is 13.1 Å². The summed E-state index contributed by atoms with van der Waals surface area (Å²) in [6.07, 6.45) is 4.93. The van der Waals surface area contributed by atoms with Gasteiger partial charge in [0.15, 0.2) is 0 Å². The van der Waals surface area contributed by atoms with Crippen LogP contribution in [0.4, 0.5) is 10.1 Å². The number of nitrogens with zero attached hydrogens (tertiary/aromatic N) is 6. The van der Waals surface area contributed by atoms with Crippen molar-refractivity contribution in [3.63, 3.8) is 0 Å². The lowest BCUT2D eigenvalue weighted by molar-refractivity contribution is -0.131. The normalized spacial score (nSPS) is 14.0. The van der Waals surface area contributed by atoms with Crippen LogP contribution in [0.1, 0.15) is 29.8 Å². The van der Waals surface area contributed by atoms with Gasteiger partial charge in [-0.15, -0.1) is 10.2 Å². The van der Waals surface area contributed by atoms with Crippen LogP contribution < -0.4 is 10.5 Å². The molecule has 2 aromatic carbocycles. The number of piperazine rings is 1. The van der Waals surface area contributed by atoms with E-state index in [1.807, 2.05) is 4.90 Å². The van der Waals surface area contributed by atoms with E-state index in [4.69, 9.17) is 0 Å². The van der Waals surface area contributed by atoms with Crippen LogP contribution in [-0.2, 0) is 11.2 Å². The summed E-state index contributed by atoms with van der Waals surface area (Å²) in [5, 5.41) is 8.25. The molecule has 0 N–H and O–H groups in total. The van der Waals surface area contributed by atoms with Gasteiger partial charge in [-0.25, -0.2) is 4.39 Å². The van der Waals surface area contributed by atoms with Crippen LogP contribution in [-0.4, -0.2) is 56.2 Å². The molecule has 8 nitrogen and oxygen atoms in total. The van der Waals surface area contributed by atoms with Gasteiger partial charge in [-0.2, -0.15) is 0 Å². The molecular weight excluding hydrogens is 459 g/mol. The number of anilines is 1. The van der Waals surface area contributed by atoms with E-state index < -0.39 is 0 Å². The van der Waals surface area contributed by atoms with Crippen LogP contribution >= 0.6 is 0 Å². The first kappa shape index (κ1) is 23.7. The molecule has 3 heterocycles. The van der Waals surface area contributed by atoms with E-state index in [0.29, 0.717) is 43.9 Å². The van der Waals surface area contributed by atoms with Gasteiger partial charge in [0, 0.05) is 62.8 Å². The van der Waals surface area contributed by atoms with E-state index in [1.165, 1.54) is 45.6 Å². The second-order valence-electron chi connectivity index (χ2n) is 9.27. The second-order valence-corrected chi connectivity index (χ2v) is 9.27. The van der Waals surface area contributed by atoms with E-state index in [-0.39, 0.29) is 22.9 Å². The number of aryl methyl sites for hydroxylation is 3. The van der Waals surface area contributed by atoms with Crippen molar-refractivity contribution in [3.05, 3.63) is 88.0 Å². The van der Waals surface area contributed by atoms with Crippen molar-refractivity contribution in [1.29, 1.82) is 0 Å². The van der Waals surface area contributed by atoms with Crippen molar-refractivity contribution in [2.75, 3.05) is 31.1 Å². The first-order chi connectivity index (χ1) is 17.4.